The molecule has 2 atom stereocenters. The Kier molecular flexibility index (Phi) is 2.78. The molecular weight excluding hydrogens is 244 g/mol. The van der Waals surface area contributed by atoms with Gasteiger partial charge in [0.15, 0.2) is 5.78 Å². The predicted octanol–water partition coefficient (Wildman–Crippen LogP) is 3.25. The average Bonchev–Trinajstić information content (AvgIpc) is 2.39. The molecule has 100 valence electrons. The molecule has 0 spiro atoms. The fourth-order valence-electron chi connectivity index (χ4n) is 3.30. The molecule has 0 aromatic heterocycles. The van der Waals surface area contributed by atoms with Crippen molar-refractivity contribution in [1.82, 2.24) is 0 Å². The van der Waals surface area contributed by atoms with Crippen molar-refractivity contribution in [3.8, 4) is 0 Å². The molecule has 18 heavy (non-hydrogen) atoms. The third-order valence-electron chi connectivity index (χ3n) is 4.04. The minimum Gasteiger partial charge on any atom is -0.545 e. The van der Waals surface area contributed by atoms with Crippen LogP contribution < -0.4 is 0 Å². The highest BCUT2D eigenvalue weighted by molar-refractivity contribution is 6.70. The van der Waals surface area contributed by atoms with Crippen LogP contribution in [0.1, 0.15) is 19.8 Å². The zero-order chi connectivity index (χ0) is 13.8. The summed E-state index contributed by atoms with van der Waals surface area (Å²) in [4.78, 5) is 12.1. The van der Waals surface area contributed by atoms with Crippen molar-refractivity contribution in [2.24, 2.45) is 10.8 Å². The Hall–Kier alpha value is -1.03. The third-order valence-corrected chi connectivity index (χ3v) is 4.90. The number of carbonyl (C=O) groups is 1. The van der Waals surface area contributed by atoms with E-state index in [1.54, 1.807) is 13.2 Å². The number of methoxy groups -OCH3 is 1. The predicted molar refractivity (Wildman–Crippen MR) is 73.4 cm³/mol. The summed E-state index contributed by atoms with van der Waals surface area (Å²) in [5, 5.41) is 0. The van der Waals surface area contributed by atoms with Gasteiger partial charge in [0, 0.05) is 18.3 Å². The Balaban J connectivity index is 2.47. The highest BCUT2D eigenvalue weighted by Crippen LogP contribution is 2.67. The number of rotatable bonds is 4. The monoisotopic (exact) mass is 266 g/mol. The van der Waals surface area contributed by atoms with Crippen LogP contribution >= 0.6 is 0 Å². The van der Waals surface area contributed by atoms with Crippen molar-refractivity contribution in [2.45, 2.75) is 39.4 Å². The van der Waals surface area contributed by atoms with Gasteiger partial charge in [-0.05, 0) is 19.6 Å². The van der Waals surface area contributed by atoms with Crippen molar-refractivity contribution in [2.75, 3.05) is 7.11 Å². The fraction of sp³-hybridized carbons (Fsp3) is 0.643. The number of fused-ring (bicyclic) bond motifs is 1. The second-order valence-corrected chi connectivity index (χ2v) is 10.9. The molecule has 2 aliphatic carbocycles. The van der Waals surface area contributed by atoms with Crippen LogP contribution in [0.3, 0.4) is 0 Å². The molecule has 0 radical (unpaired) electrons. The first-order valence-corrected chi connectivity index (χ1v) is 9.74. The lowest BCUT2D eigenvalue weighted by Crippen LogP contribution is -2.54. The summed E-state index contributed by atoms with van der Waals surface area (Å²) in [5.74, 6) is 1.76. The van der Waals surface area contributed by atoms with Gasteiger partial charge in [-0.25, -0.2) is 0 Å². The number of hydrogen-bond acceptors (Lipinski definition) is 3. The summed E-state index contributed by atoms with van der Waals surface area (Å²) in [6.07, 6.45) is 3.11. The second kappa shape index (κ2) is 3.73. The quantitative estimate of drug-likeness (QED) is 0.579. The van der Waals surface area contributed by atoms with Crippen LogP contribution in [0.15, 0.2) is 24.2 Å². The highest BCUT2D eigenvalue weighted by atomic mass is 28.4. The first-order chi connectivity index (χ1) is 8.20. The van der Waals surface area contributed by atoms with E-state index in [-0.39, 0.29) is 11.2 Å². The standard InChI is InChI=1S/C14H22O3Si/c1-7-14-11(15)9-13(14,2)8-10(12(14)16-3)17-18(4,5)6/h7H,1,8-9H2,2-6H3/t13-,14-/m0/s1. The van der Waals surface area contributed by atoms with Gasteiger partial charge in [0.2, 0.25) is 8.32 Å². The average molecular weight is 266 g/mol. The maximum atomic E-state index is 12.1. The van der Waals surface area contributed by atoms with Gasteiger partial charge in [-0.15, -0.1) is 6.58 Å². The van der Waals surface area contributed by atoms with Crippen molar-refractivity contribution < 1.29 is 14.0 Å². The third kappa shape index (κ3) is 1.51. The van der Waals surface area contributed by atoms with Crippen LogP contribution in [-0.4, -0.2) is 21.2 Å². The smallest absolute Gasteiger partial charge is 0.241 e. The molecule has 0 aromatic carbocycles. The zero-order valence-corrected chi connectivity index (χ0v) is 12.9. The van der Waals surface area contributed by atoms with E-state index in [1.807, 2.05) is 0 Å². The largest absolute Gasteiger partial charge is 0.545 e. The zero-order valence-electron chi connectivity index (χ0n) is 11.9. The maximum absolute atomic E-state index is 12.1. The Morgan fingerprint density at radius 2 is 1.94 bits per heavy atom. The number of ketones is 1. The van der Waals surface area contributed by atoms with Crippen LogP contribution in [0, 0.1) is 10.8 Å². The molecule has 0 heterocycles. The lowest BCUT2D eigenvalue weighted by atomic mass is 9.50. The number of carbonyl (C=O) groups excluding carboxylic acids is 1. The molecular formula is C14H22O3Si. The Labute approximate surface area is 110 Å². The summed E-state index contributed by atoms with van der Waals surface area (Å²) >= 11 is 0. The van der Waals surface area contributed by atoms with Crippen molar-refractivity contribution in [3.63, 3.8) is 0 Å². The van der Waals surface area contributed by atoms with E-state index in [0.29, 0.717) is 12.2 Å². The van der Waals surface area contributed by atoms with Gasteiger partial charge in [-0.3, -0.25) is 4.79 Å². The fourth-order valence-corrected chi connectivity index (χ4v) is 4.20. The van der Waals surface area contributed by atoms with Crippen LogP contribution in [0.25, 0.3) is 0 Å². The van der Waals surface area contributed by atoms with Crippen molar-refractivity contribution in [3.05, 3.63) is 24.2 Å². The normalized spacial score (nSPS) is 35.1. The number of hydrogen-bond donors (Lipinski definition) is 0. The SMILES string of the molecule is C=C[C@@]12C(=O)C[C@]1(C)CC(O[Si](C)(C)C)=C2OC. The van der Waals surface area contributed by atoms with Crippen molar-refractivity contribution in [1.29, 1.82) is 0 Å². The van der Waals surface area contributed by atoms with Gasteiger partial charge in [0.05, 0.1) is 7.11 Å². The Morgan fingerprint density at radius 3 is 2.33 bits per heavy atom. The van der Waals surface area contributed by atoms with E-state index in [4.69, 9.17) is 9.16 Å². The summed E-state index contributed by atoms with van der Waals surface area (Å²) in [7, 11) is -0.0793. The minimum absolute atomic E-state index is 0.105. The molecule has 4 heteroatoms. The minimum atomic E-state index is -1.70. The van der Waals surface area contributed by atoms with Crippen LogP contribution in [0.2, 0.25) is 19.6 Å². The van der Waals surface area contributed by atoms with Crippen LogP contribution in [0.5, 0.6) is 0 Å². The molecule has 0 aromatic rings. The van der Waals surface area contributed by atoms with E-state index in [1.165, 1.54) is 0 Å². The lowest BCUT2D eigenvalue weighted by molar-refractivity contribution is -0.148. The van der Waals surface area contributed by atoms with E-state index < -0.39 is 13.7 Å². The molecule has 1 saturated carbocycles. The number of allylic oxidation sites excluding steroid dienone is 2. The van der Waals surface area contributed by atoms with Gasteiger partial charge in [0.25, 0.3) is 0 Å². The number of Topliss-reactive ketones (excluding diaryl/α,β-unsaturated/α-hetero) is 1. The molecule has 1 fully saturated rings. The van der Waals surface area contributed by atoms with E-state index in [2.05, 4.69) is 33.1 Å². The Morgan fingerprint density at radius 1 is 1.33 bits per heavy atom. The highest BCUT2D eigenvalue weighted by Gasteiger charge is 2.69. The molecule has 2 aliphatic rings. The molecule has 2 rings (SSSR count). The Bertz CT molecular complexity index is 446. The summed E-state index contributed by atoms with van der Waals surface area (Å²) < 4.78 is 11.6. The van der Waals surface area contributed by atoms with Crippen molar-refractivity contribution >= 4 is 14.1 Å². The second-order valence-electron chi connectivity index (χ2n) is 6.52. The van der Waals surface area contributed by atoms with Crippen LogP contribution in [0.4, 0.5) is 0 Å². The summed E-state index contributed by atoms with van der Waals surface area (Å²) in [6, 6.07) is 0. The molecule has 0 aliphatic heterocycles. The van der Waals surface area contributed by atoms with E-state index in [9.17, 15) is 4.79 Å². The molecule has 3 nitrogen and oxygen atoms in total. The van der Waals surface area contributed by atoms with Gasteiger partial charge in [0.1, 0.15) is 16.9 Å². The van der Waals surface area contributed by atoms with Crippen LogP contribution in [-0.2, 0) is 14.0 Å². The molecule has 0 saturated heterocycles. The summed E-state index contributed by atoms with van der Waals surface area (Å²) in [5.41, 5.74) is -0.747. The van der Waals surface area contributed by atoms with E-state index >= 15 is 0 Å². The summed E-state index contributed by atoms with van der Waals surface area (Å²) in [6.45, 7) is 12.4. The first-order valence-electron chi connectivity index (χ1n) is 6.34. The lowest BCUT2D eigenvalue weighted by Gasteiger charge is -2.50. The molecule has 0 unspecified atom stereocenters. The van der Waals surface area contributed by atoms with Gasteiger partial charge >= 0.3 is 0 Å². The molecule has 0 bridgehead atoms. The number of ether oxygens (including phenoxy) is 1. The topological polar surface area (TPSA) is 35.5 Å². The van der Waals surface area contributed by atoms with Gasteiger partial charge in [-0.1, -0.05) is 13.0 Å². The van der Waals surface area contributed by atoms with Gasteiger partial charge in [-0.2, -0.15) is 0 Å². The first kappa shape index (κ1) is 13.4. The molecule has 0 N–H and O–H groups in total. The van der Waals surface area contributed by atoms with Gasteiger partial charge < -0.3 is 9.16 Å². The maximum Gasteiger partial charge on any atom is 0.241 e. The van der Waals surface area contributed by atoms with E-state index in [0.717, 1.165) is 12.2 Å². The molecule has 0 amide bonds.